The number of fused-ring (bicyclic) bond motifs is 7. The van der Waals surface area contributed by atoms with E-state index in [-0.39, 0.29) is 11.3 Å². The van der Waals surface area contributed by atoms with E-state index in [1.54, 1.807) is 6.07 Å². The van der Waals surface area contributed by atoms with Crippen molar-refractivity contribution < 1.29 is 8.83 Å². The second kappa shape index (κ2) is 4.60. The smallest absolute Gasteiger partial charge is 0.336 e. The number of nitrogens with one attached hydrogen (secondary N) is 1. The molecule has 5 nitrogen and oxygen atoms in total. The Morgan fingerprint density at radius 2 is 1.52 bits per heavy atom. The van der Waals surface area contributed by atoms with E-state index in [0.29, 0.717) is 11.2 Å². The molecule has 0 aliphatic rings. The van der Waals surface area contributed by atoms with Gasteiger partial charge in [0.15, 0.2) is 5.58 Å². The van der Waals surface area contributed by atoms with Crippen LogP contribution in [0.1, 0.15) is 11.1 Å². The Balaban J connectivity index is 2.12. The number of aryl methyl sites for hydroxylation is 2. The summed E-state index contributed by atoms with van der Waals surface area (Å²) in [6, 6.07) is 10.5. The summed E-state index contributed by atoms with van der Waals surface area (Å²) in [4.78, 5) is 26.8. The third-order valence-corrected chi connectivity index (χ3v) is 4.76. The van der Waals surface area contributed by atoms with Crippen LogP contribution in [0.5, 0.6) is 0 Å². The zero-order valence-electron chi connectivity index (χ0n) is 13.6. The van der Waals surface area contributed by atoms with E-state index in [9.17, 15) is 9.59 Å². The van der Waals surface area contributed by atoms with E-state index in [2.05, 4.69) is 4.98 Å². The maximum Gasteiger partial charge on any atom is 0.336 e. The fraction of sp³-hybridized carbons (Fsp3) is 0.100. The molecule has 0 amide bonds. The van der Waals surface area contributed by atoms with Crippen LogP contribution in [0.3, 0.4) is 0 Å². The van der Waals surface area contributed by atoms with Crippen LogP contribution in [-0.2, 0) is 0 Å². The van der Waals surface area contributed by atoms with E-state index < -0.39 is 0 Å². The van der Waals surface area contributed by atoms with Crippen LogP contribution in [-0.4, -0.2) is 4.98 Å². The summed E-state index contributed by atoms with van der Waals surface area (Å²) < 4.78 is 10.8. The molecule has 2 aromatic carbocycles. The normalized spacial score (nSPS) is 11.9. The van der Waals surface area contributed by atoms with Crippen LogP contribution in [0.25, 0.3) is 43.7 Å². The van der Waals surface area contributed by atoms with E-state index >= 15 is 0 Å². The topological polar surface area (TPSA) is 76.2 Å². The third-order valence-electron chi connectivity index (χ3n) is 4.76. The van der Waals surface area contributed by atoms with Crippen molar-refractivity contribution in [2.75, 3.05) is 0 Å². The summed E-state index contributed by atoms with van der Waals surface area (Å²) in [6.45, 7) is 3.84. The largest absolute Gasteiger partial charge is 0.423 e. The Kier molecular flexibility index (Phi) is 2.58. The Bertz CT molecular complexity index is 1450. The lowest BCUT2D eigenvalue weighted by Gasteiger charge is -2.02. The van der Waals surface area contributed by atoms with Gasteiger partial charge in [0.1, 0.15) is 5.58 Å². The number of hydrogen-bond donors (Lipinski definition) is 1. The zero-order valence-corrected chi connectivity index (χ0v) is 13.6. The minimum Gasteiger partial charge on any atom is -0.423 e. The van der Waals surface area contributed by atoms with Crippen molar-refractivity contribution in [2.45, 2.75) is 13.8 Å². The Morgan fingerprint density at radius 1 is 0.760 bits per heavy atom. The summed E-state index contributed by atoms with van der Waals surface area (Å²) in [5.41, 5.74) is 3.88. The van der Waals surface area contributed by atoms with Gasteiger partial charge >= 0.3 is 11.3 Å². The summed E-state index contributed by atoms with van der Waals surface area (Å²) >= 11 is 0. The lowest BCUT2D eigenvalue weighted by molar-refractivity contribution is 0.561. The van der Waals surface area contributed by atoms with Crippen LogP contribution in [0.15, 0.2) is 54.8 Å². The molecule has 0 radical (unpaired) electrons. The molecule has 0 fully saturated rings. The molecule has 0 atom stereocenters. The lowest BCUT2D eigenvalue weighted by atomic mass is 10.0. The minimum atomic E-state index is -0.377. The maximum absolute atomic E-state index is 11.8. The lowest BCUT2D eigenvalue weighted by Crippen LogP contribution is -1.97. The molecule has 122 valence electrons. The molecule has 0 saturated carbocycles. The second-order valence-corrected chi connectivity index (χ2v) is 6.35. The van der Waals surface area contributed by atoms with E-state index in [1.807, 2.05) is 32.0 Å². The molecule has 5 heteroatoms. The van der Waals surface area contributed by atoms with Crippen molar-refractivity contribution >= 4 is 43.7 Å². The predicted molar refractivity (Wildman–Crippen MR) is 97.4 cm³/mol. The molecule has 3 heterocycles. The molecule has 5 aromatic rings. The highest BCUT2D eigenvalue weighted by Crippen LogP contribution is 2.37. The van der Waals surface area contributed by atoms with Crippen LogP contribution in [0.2, 0.25) is 0 Å². The van der Waals surface area contributed by atoms with Gasteiger partial charge in [-0.2, -0.15) is 0 Å². The SMILES string of the molecule is Cc1cc(=O)oc2c1ccc1c2[nH]c2c(C)cc3oc(=O)ccc3c21. The molecule has 0 unspecified atom stereocenters. The first-order valence-electron chi connectivity index (χ1n) is 7.95. The van der Waals surface area contributed by atoms with E-state index in [1.165, 1.54) is 12.1 Å². The van der Waals surface area contributed by atoms with Crippen molar-refractivity contribution in [1.29, 1.82) is 0 Å². The highest BCUT2D eigenvalue weighted by molar-refractivity contribution is 6.24. The fourth-order valence-electron chi connectivity index (χ4n) is 3.63. The van der Waals surface area contributed by atoms with Crippen LogP contribution in [0.4, 0.5) is 0 Å². The third kappa shape index (κ3) is 1.83. The molecule has 0 bridgehead atoms. The Hall–Kier alpha value is -3.34. The van der Waals surface area contributed by atoms with E-state index in [0.717, 1.165) is 43.7 Å². The highest BCUT2D eigenvalue weighted by atomic mass is 16.4. The number of rotatable bonds is 0. The van der Waals surface area contributed by atoms with Gasteiger partial charge in [-0.3, -0.25) is 0 Å². The van der Waals surface area contributed by atoms with Gasteiger partial charge in [-0.05, 0) is 37.1 Å². The van der Waals surface area contributed by atoms with Gasteiger partial charge in [0.2, 0.25) is 0 Å². The second-order valence-electron chi connectivity index (χ2n) is 6.35. The molecule has 1 N–H and O–H groups in total. The van der Waals surface area contributed by atoms with E-state index in [4.69, 9.17) is 8.83 Å². The zero-order chi connectivity index (χ0) is 17.3. The van der Waals surface area contributed by atoms with Crippen LogP contribution < -0.4 is 11.3 Å². The first-order valence-corrected chi connectivity index (χ1v) is 7.95. The summed E-state index contributed by atoms with van der Waals surface area (Å²) in [5.74, 6) is 0. The first kappa shape index (κ1) is 14.0. The highest BCUT2D eigenvalue weighted by Gasteiger charge is 2.16. The van der Waals surface area contributed by atoms with Gasteiger partial charge in [-0.25, -0.2) is 9.59 Å². The average molecular weight is 331 g/mol. The Morgan fingerprint density at radius 3 is 2.36 bits per heavy atom. The summed E-state index contributed by atoms with van der Waals surface area (Å²) in [7, 11) is 0. The Labute approximate surface area is 140 Å². The summed E-state index contributed by atoms with van der Waals surface area (Å²) in [6.07, 6.45) is 0. The molecule has 0 spiro atoms. The van der Waals surface area contributed by atoms with Crippen LogP contribution >= 0.6 is 0 Å². The van der Waals surface area contributed by atoms with Gasteiger partial charge in [0, 0.05) is 33.7 Å². The number of aromatic nitrogens is 1. The van der Waals surface area contributed by atoms with Gasteiger partial charge in [0.05, 0.1) is 11.0 Å². The van der Waals surface area contributed by atoms with Gasteiger partial charge in [0.25, 0.3) is 0 Å². The summed E-state index contributed by atoms with van der Waals surface area (Å²) in [5, 5.41) is 3.63. The quantitative estimate of drug-likeness (QED) is 0.432. The molecule has 3 aromatic heterocycles. The first-order chi connectivity index (χ1) is 12.0. The number of hydrogen-bond acceptors (Lipinski definition) is 4. The molecule has 25 heavy (non-hydrogen) atoms. The predicted octanol–water partition coefficient (Wildman–Crippen LogP) is 4.15. The monoisotopic (exact) mass is 331 g/mol. The average Bonchev–Trinajstić information content (AvgIpc) is 2.95. The van der Waals surface area contributed by atoms with Crippen molar-refractivity contribution in [1.82, 2.24) is 4.98 Å². The number of aromatic amines is 1. The van der Waals surface area contributed by atoms with Crippen molar-refractivity contribution in [3.05, 3.63) is 68.4 Å². The standard InChI is InChI=1S/C20H13NO4/c1-9-8-16(23)25-20-11(9)3-4-13-17-12-5-6-15(22)24-14(12)7-10(2)18(17)21-19(13)20/h3-8,21H,1-2H3. The van der Waals surface area contributed by atoms with Crippen molar-refractivity contribution in [2.24, 2.45) is 0 Å². The van der Waals surface area contributed by atoms with Crippen molar-refractivity contribution in [3.63, 3.8) is 0 Å². The molecular formula is C20H13NO4. The number of H-pyrrole nitrogens is 1. The molecule has 5 rings (SSSR count). The minimum absolute atomic E-state index is 0.372. The molecule has 0 aliphatic heterocycles. The van der Waals surface area contributed by atoms with Crippen LogP contribution in [0, 0.1) is 13.8 Å². The maximum atomic E-state index is 11.8. The van der Waals surface area contributed by atoms with Gasteiger partial charge in [-0.15, -0.1) is 0 Å². The number of benzene rings is 2. The molecule has 0 aliphatic carbocycles. The van der Waals surface area contributed by atoms with Gasteiger partial charge < -0.3 is 13.8 Å². The fourth-order valence-corrected chi connectivity index (χ4v) is 3.63. The van der Waals surface area contributed by atoms with Crippen molar-refractivity contribution in [3.8, 4) is 0 Å². The molecule has 0 saturated heterocycles. The molecular weight excluding hydrogens is 318 g/mol. The van der Waals surface area contributed by atoms with Gasteiger partial charge in [-0.1, -0.05) is 12.1 Å².